The Hall–Kier alpha value is -8.85. The van der Waals surface area contributed by atoms with Crippen molar-refractivity contribution >= 4 is 43.6 Å². The van der Waals surface area contributed by atoms with Crippen LogP contribution in [0.15, 0.2) is 224 Å². The SMILES string of the molecule is N#Cc1c(-c2ccccc2)nc(-c2cc(-c3ccccc3)c(-n3c4ccccc4c4ccc5c(c6ccccc6n5-c5ccccc5)c43)c(-c3ccccc3)c2)nc1-c1ccccc1. The number of nitriles is 1. The van der Waals surface area contributed by atoms with Gasteiger partial charge in [0.05, 0.1) is 39.1 Å². The maximum absolute atomic E-state index is 10.8. The Morgan fingerprint density at radius 1 is 0.375 bits per heavy atom. The minimum Gasteiger partial charge on any atom is -0.309 e. The number of aromatic nitrogens is 4. The lowest BCUT2D eigenvalue weighted by atomic mass is 9.92. The van der Waals surface area contributed by atoms with Gasteiger partial charge in [0.1, 0.15) is 11.6 Å². The van der Waals surface area contributed by atoms with E-state index in [9.17, 15) is 5.26 Å². The number of rotatable bonds is 7. The molecule has 0 aliphatic heterocycles. The molecule has 64 heavy (non-hydrogen) atoms. The molecule has 0 N–H and O–H groups in total. The van der Waals surface area contributed by atoms with Crippen molar-refractivity contribution in [3.63, 3.8) is 0 Å². The Kier molecular flexibility index (Phi) is 8.81. The van der Waals surface area contributed by atoms with Crippen LogP contribution in [0.25, 0.3) is 111 Å². The summed E-state index contributed by atoms with van der Waals surface area (Å²) in [6.07, 6.45) is 0. The zero-order valence-electron chi connectivity index (χ0n) is 34.6. The molecule has 12 aromatic rings. The number of hydrogen-bond donors (Lipinski definition) is 0. The summed E-state index contributed by atoms with van der Waals surface area (Å²) in [4.78, 5) is 10.6. The predicted molar refractivity (Wildman–Crippen MR) is 263 cm³/mol. The molecular formula is C59H37N5. The molecule has 5 heteroatoms. The van der Waals surface area contributed by atoms with Gasteiger partial charge < -0.3 is 9.13 Å². The Morgan fingerprint density at radius 3 is 1.36 bits per heavy atom. The third-order valence-corrected chi connectivity index (χ3v) is 12.4. The van der Waals surface area contributed by atoms with Crippen molar-refractivity contribution in [2.75, 3.05) is 0 Å². The number of hydrogen-bond acceptors (Lipinski definition) is 3. The van der Waals surface area contributed by atoms with Gasteiger partial charge in [-0.2, -0.15) is 5.26 Å². The molecule has 3 heterocycles. The number of benzene rings is 9. The van der Waals surface area contributed by atoms with Crippen LogP contribution < -0.4 is 0 Å². The lowest BCUT2D eigenvalue weighted by molar-refractivity contribution is 1.16. The highest BCUT2D eigenvalue weighted by molar-refractivity contribution is 6.26. The summed E-state index contributed by atoms with van der Waals surface area (Å²) >= 11 is 0. The van der Waals surface area contributed by atoms with Crippen molar-refractivity contribution in [3.05, 3.63) is 230 Å². The van der Waals surface area contributed by atoms with Crippen molar-refractivity contribution in [3.8, 4) is 73.6 Å². The van der Waals surface area contributed by atoms with E-state index in [1.807, 2.05) is 60.7 Å². The van der Waals surface area contributed by atoms with Gasteiger partial charge in [0.25, 0.3) is 0 Å². The maximum atomic E-state index is 10.8. The molecule has 3 aromatic heterocycles. The quantitative estimate of drug-likeness (QED) is 0.161. The number of fused-ring (bicyclic) bond motifs is 7. The Labute approximate surface area is 370 Å². The Bertz CT molecular complexity index is 3630. The first kappa shape index (κ1) is 37.0. The fourth-order valence-electron chi connectivity index (χ4n) is 9.58. The first-order valence-electron chi connectivity index (χ1n) is 21.5. The largest absolute Gasteiger partial charge is 0.309 e. The van der Waals surface area contributed by atoms with Crippen molar-refractivity contribution < 1.29 is 0 Å². The smallest absolute Gasteiger partial charge is 0.160 e. The lowest BCUT2D eigenvalue weighted by Crippen LogP contribution is -2.04. The fourth-order valence-corrected chi connectivity index (χ4v) is 9.58. The first-order valence-corrected chi connectivity index (χ1v) is 21.5. The molecule has 0 radical (unpaired) electrons. The van der Waals surface area contributed by atoms with Gasteiger partial charge in [0.15, 0.2) is 5.82 Å². The zero-order valence-corrected chi connectivity index (χ0v) is 34.6. The highest BCUT2D eigenvalue weighted by Crippen LogP contribution is 2.47. The summed E-state index contributed by atoms with van der Waals surface area (Å²) in [5.41, 5.74) is 15.0. The van der Waals surface area contributed by atoms with Gasteiger partial charge in [0, 0.05) is 55.0 Å². The zero-order chi connectivity index (χ0) is 42.6. The van der Waals surface area contributed by atoms with Crippen LogP contribution in [0.2, 0.25) is 0 Å². The van der Waals surface area contributed by atoms with Gasteiger partial charge in [-0.1, -0.05) is 182 Å². The van der Waals surface area contributed by atoms with Gasteiger partial charge in [0.2, 0.25) is 0 Å². The summed E-state index contributed by atoms with van der Waals surface area (Å²) < 4.78 is 4.90. The second-order valence-corrected chi connectivity index (χ2v) is 16.0. The highest BCUT2D eigenvalue weighted by Gasteiger charge is 2.26. The van der Waals surface area contributed by atoms with Crippen LogP contribution >= 0.6 is 0 Å². The van der Waals surface area contributed by atoms with Crippen molar-refractivity contribution in [2.24, 2.45) is 0 Å². The molecular weight excluding hydrogens is 779 g/mol. The van der Waals surface area contributed by atoms with Crippen LogP contribution in [0.5, 0.6) is 0 Å². The maximum Gasteiger partial charge on any atom is 0.160 e. The Morgan fingerprint density at radius 2 is 0.828 bits per heavy atom. The standard InChI is InChI=1S/C59H37N5/c60-38-50-55(41-24-10-3-11-25-41)61-59(62-56(50)42-26-12-4-13-27-42)43-36-48(39-20-6-1-7-21-39)57(49(37-43)40-22-8-2-9-23-40)64-51-32-18-16-30-45(51)46-34-35-53-54(58(46)64)47-31-17-19-33-52(47)63(53)44-28-14-5-15-29-44/h1-37H. The minimum atomic E-state index is 0.438. The average Bonchev–Trinajstić information content (AvgIpc) is 3.89. The third kappa shape index (κ3) is 5.93. The lowest BCUT2D eigenvalue weighted by Gasteiger charge is -2.21. The van der Waals surface area contributed by atoms with Crippen LogP contribution in [0, 0.1) is 11.3 Å². The average molecular weight is 816 g/mol. The van der Waals surface area contributed by atoms with E-state index in [0.29, 0.717) is 22.8 Å². The van der Waals surface area contributed by atoms with Crippen molar-refractivity contribution in [1.82, 2.24) is 19.1 Å². The van der Waals surface area contributed by atoms with E-state index in [2.05, 4.69) is 179 Å². The van der Waals surface area contributed by atoms with E-state index in [0.717, 1.165) is 72.4 Å². The minimum absolute atomic E-state index is 0.438. The van der Waals surface area contributed by atoms with Crippen molar-refractivity contribution in [2.45, 2.75) is 0 Å². The van der Waals surface area contributed by atoms with Gasteiger partial charge in [-0.3, -0.25) is 0 Å². The molecule has 0 fully saturated rings. The predicted octanol–water partition coefficient (Wildman–Crippen LogP) is 14.9. The topological polar surface area (TPSA) is 59.4 Å². The molecule has 0 bridgehead atoms. The molecule has 0 saturated heterocycles. The molecule has 5 nitrogen and oxygen atoms in total. The van der Waals surface area contributed by atoms with E-state index in [1.165, 1.54) is 21.5 Å². The van der Waals surface area contributed by atoms with Crippen molar-refractivity contribution in [1.29, 1.82) is 5.26 Å². The van der Waals surface area contributed by atoms with E-state index >= 15 is 0 Å². The third-order valence-electron chi connectivity index (χ3n) is 12.4. The molecule has 0 saturated carbocycles. The van der Waals surface area contributed by atoms with Crippen LogP contribution in [0.3, 0.4) is 0 Å². The van der Waals surface area contributed by atoms with E-state index in [-0.39, 0.29) is 0 Å². The molecule has 0 aliphatic rings. The molecule has 9 aromatic carbocycles. The summed E-state index contributed by atoms with van der Waals surface area (Å²) in [7, 11) is 0. The summed E-state index contributed by atoms with van der Waals surface area (Å²) in [5.74, 6) is 0.535. The number of para-hydroxylation sites is 3. The normalized spacial score (nSPS) is 11.4. The molecule has 0 aliphatic carbocycles. The first-order chi connectivity index (χ1) is 31.7. The summed E-state index contributed by atoms with van der Waals surface area (Å²) in [6.45, 7) is 0. The van der Waals surface area contributed by atoms with Crippen LogP contribution in [0.4, 0.5) is 0 Å². The molecule has 0 unspecified atom stereocenters. The van der Waals surface area contributed by atoms with Gasteiger partial charge >= 0.3 is 0 Å². The van der Waals surface area contributed by atoms with Gasteiger partial charge in [-0.15, -0.1) is 0 Å². The van der Waals surface area contributed by atoms with Crippen LogP contribution in [0.1, 0.15) is 5.56 Å². The van der Waals surface area contributed by atoms with E-state index < -0.39 is 0 Å². The number of nitrogens with zero attached hydrogens (tertiary/aromatic N) is 5. The highest BCUT2D eigenvalue weighted by atomic mass is 15.0. The molecule has 298 valence electrons. The monoisotopic (exact) mass is 815 g/mol. The summed E-state index contributed by atoms with van der Waals surface area (Å²) in [5, 5.41) is 15.5. The molecule has 0 spiro atoms. The summed E-state index contributed by atoms with van der Waals surface area (Å²) in [6, 6.07) is 81.0. The van der Waals surface area contributed by atoms with Crippen LogP contribution in [-0.4, -0.2) is 19.1 Å². The molecule has 0 amide bonds. The second kappa shape index (κ2) is 15.3. The van der Waals surface area contributed by atoms with Gasteiger partial charge in [-0.05, 0) is 53.6 Å². The molecule has 0 atom stereocenters. The Balaban J connectivity index is 1.25. The molecule has 12 rings (SSSR count). The van der Waals surface area contributed by atoms with Gasteiger partial charge in [-0.25, -0.2) is 9.97 Å². The van der Waals surface area contributed by atoms with E-state index in [1.54, 1.807) is 0 Å². The van der Waals surface area contributed by atoms with Crippen LogP contribution in [-0.2, 0) is 0 Å². The fraction of sp³-hybridized carbons (Fsp3) is 0. The van der Waals surface area contributed by atoms with E-state index in [4.69, 9.17) is 9.97 Å². The second-order valence-electron chi connectivity index (χ2n) is 16.0.